The van der Waals surface area contributed by atoms with Gasteiger partial charge in [0, 0.05) is 17.3 Å². The Kier molecular flexibility index (Phi) is 5.49. The summed E-state index contributed by atoms with van der Waals surface area (Å²) in [4.78, 5) is 5.58. The smallest absolute Gasteiger partial charge is 0.264 e. The molecule has 116 valence electrons. The first-order chi connectivity index (χ1) is 9.98. The monoisotopic (exact) mass is 329 g/mol. The second-order valence-electron chi connectivity index (χ2n) is 4.74. The van der Waals surface area contributed by atoms with Crippen LogP contribution in [0.5, 0.6) is 0 Å². The minimum Gasteiger partial charge on any atom is -0.270 e. The molecule has 2 heterocycles. The maximum atomic E-state index is 10.8. The fourth-order valence-corrected chi connectivity index (χ4v) is 3.01. The summed E-state index contributed by atoms with van der Waals surface area (Å²) in [6, 6.07) is 0. The molecule has 0 bridgehead atoms. The van der Waals surface area contributed by atoms with Crippen molar-refractivity contribution in [2.45, 2.75) is 32.6 Å². The quantitative estimate of drug-likeness (QED) is 0.548. The molecule has 0 aliphatic carbocycles. The van der Waals surface area contributed by atoms with E-state index in [2.05, 4.69) is 17.0 Å². The lowest BCUT2D eigenvalue weighted by Crippen LogP contribution is -2.04. The van der Waals surface area contributed by atoms with Crippen molar-refractivity contribution >= 4 is 21.5 Å². The molecule has 0 saturated heterocycles. The van der Waals surface area contributed by atoms with Gasteiger partial charge >= 0.3 is 0 Å². The Hall–Kier alpha value is -1.25. The van der Waals surface area contributed by atoms with E-state index in [4.69, 9.17) is 4.18 Å². The molecule has 0 aromatic carbocycles. The maximum Gasteiger partial charge on any atom is 0.264 e. The summed E-state index contributed by atoms with van der Waals surface area (Å²) in [6.07, 6.45) is 10.1. The van der Waals surface area contributed by atoms with Crippen LogP contribution in [-0.2, 0) is 27.1 Å². The lowest BCUT2D eigenvalue weighted by Gasteiger charge is -2.00. The molecule has 0 aliphatic heterocycles. The van der Waals surface area contributed by atoms with Gasteiger partial charge in [-0.05, 0) is 31.2 Å². The molecule has 2 aromatic heterocycles. The summed E-state index contributed by atoms with van der Waals surface area (Å²) in [5.41, 5.74) is 1.11. The maximum absolute atomic E-state index is 10.8. The summed E-state index contributed by atoms with van der Waals surface area (Å²) in [6.45, 7) is 2.34. The molecule has 0 N–H and O–H groups in total. The second kappa shape index (κ2) is 7.15. The van der Waals surface area contributed by atoms with E-state index < -0.39 is 10.1 Å². The highest BCUT2D eigenvalue weighted by molar-refractivity contribution is 7.85. The zero-order chi connectivity index (χ0) is 15.3. The number of aryl methyl sites for hydroxylation is 2. The van der Waals surface area contributed by atoms with Crippen LogP contribution in [0.1, 0.15) is 30.2 Å². The van der Waals surface area contributed by atoms with Crippen LogP contribution in [0.15, 0.2) is 18.6 Å². The van der Waals surface area contributed by atoms with E-state index >= 15 is 0 Å². The van der Waals surface area contributed by atoms with Crippen molar-refractivity contribution in [2.75, 3.05) is 12.9 Å². The molecule has 0 atom stereocenters. The molecule has 0 fully saturated rings. The first-order valence-electron chi connectivity index (χ1n) is 6.81. The van der Waals surface area contributed by atoms with Crippen molar-refractivity contribution in [3.8, 4) is 5.13 Å². The van der Waals surface area contributed by atoms with Gasteiger partial charge in [0.15, 0.2) is 0 Å². The van der Waals surface area contributed by atoms with Gasteiger partial charge < -0.3 is 0 Å². The molecule has 0 aliphatic rings. The van der Waals surface area contributed by atoms with Crippen LogP contribution < -0.4 is 0 Å². The van der Waals surface area contributed by atoms with Crippen LogP contribution in [0.4, 0.5) is 0 Å². The lowest BCUT2D eigenvalue weighted by atomic mass is 10.2. The molecule has 0 amide bonds. The van der Waals surface area contributed by atoms with E-state index in [1.807, 2.05) is 18.6 Å². The third-order valence-corrected chi connectivity index (χ3v) is 4.61. The van der Waals surface area contributed by atoms with Crippen LogP contribution >= 0.6 is 11.3 Å². The van der Waals surface area contributed by atoms with E-state index in [1.165, 1.54) is 4.88 Å². The van der Waals surface area contributed by atoms with E-state index in [0.29, 0.717) is 6.42 Å². The number of aromatic nitrogens is 3. The fraction of sp³-hybridized carbons (Fsp3) is 0.538. The zero-order valence-electron chi connectivity index (χ0n) is 12.2. The SMILES string of the molecule is CCc1cnc(-n2cc(CCCCOS(C)(=O)=O)cn2)s1. The Morgan fingerprint density at radius 1 is 1.33 bits per heavy atom. The van der Waals surface area contributed by atoms with Gasteiger partial charge in [0.05, 0.1) is 19.1 Å². The van der Waals surface area contributed by atoms with Gasteiger partial charge in [0.2, 0.25) is 5.13 Å². The minimum atomic E-state index is -3.32. The van der Waals surface area contributed by atoms with Crippen LogP contribution in [0.25, 0.3) is 5.13 Å². The molecule has 8 heteroatoms. The molecule has 2 rings (SSSR count). The zero-order valence-corrected chi connectivity index (χ0v) is 13.8. The van der Waals surface area contributed by atoms with Gasteiger partial charge in [-0.1, -0.05) is 18.3 Å². The molecule has 6 nitrogen and oxygen atoms in total. The lowest BCUT2D eigenvalue weighted by molar-refractivity contribution is 0.312. The molecular weight excluding hydrogens is 310 g/mol. The number of hydrogen-bond acceptors (Lipinski definition) is 6. The molecule has 0 radical (unpaired) electrons. The van der Waals surface area contributed by atoms with Crippen molar-refractivity contribution in [2.24, 2.45) is 0 Å². The highest BCUT2D eigenvalue weighted by Crippen LogP contribution is 2.18. The van der Waals surface area contributed by atoms with E-state index in [9.17, 15) is 8.42 Å². The Morgan fingerprint density at radius 3 is 2.81 bits per heavy atom. The minimum absolute atomic E-state index is 0.235. The van der Waals surface area contributed by atoms with Crippen LogP contribution in [0.2, 0.25) is 0 Å². The summed E-state index contributed by atoms with van der Waals surface area (Å²) in [5.74, 6) is 0. The van der Waals surface area contributed by atoms with E-state index in [-0.39, 0.29) is 6.61 Å². The Bertz CT molecular complexity index is 676. The topological polar surface area (TPSA) is 74.1 Å². The summed E-state index contributed by atoms with van der Waals surface area (Å²) >= 11 is 1.64. The first kappa shape index (κ1) is 16.1. The number of nitrogens with zero attached hydrogens (tertiary/aromatic N) is 3. The predicted molar refractivity (Wildman–Crippen MR) is 82.3 cm³/mol. The van der Waals surface area contributed by atoms with Crippen LogP contribution in [-0.4, -0.2) is 36.0 Å². The third kappa shape index (κ3) is 5.22. The van der Waals surface area contributed by atoms with Gasteiger partial charge in [-0.15, -0.1) is 0 Å². The van der Waals surface area contributed by atoms with E-state index in [1.54, 1.807) is 16.0 Å². The van der Waals surface area contributed by atoms with Crippen molar-refractivity contribution in [3.05, 3.63) is 29.0 Å². The van der Waals surface area contributed by atoms with Gasteiger partial charge in [-0.25, -0.2) is 9.67 Å². The first-order valence-corrected chi connectivity index (χ1v) is 9.44. The fourth-order valence-electron chi connectivity index (χ4n) is 1.80. The average Bonchev–Trinajstić information content (AvgIpc) is 3.05. The summed E-state index contributed by atoms with van der Waals surface area (Å²) < 4.78 is 28.1. The van der Waals surface area contributed by atoms with Gasteiger partial charge in [-0.3, -0.25) is 4.18 Å². The van der Waals surface area contributed by atoms with Crippen LogP contribution in [0, 0.1) is 0 Å². The number of rotatable bonds is 8. The number of unbranched alkanes of at least 4 members (excludes halogenated alkanes) is 1. The molecule has 0 saturated carbocycles. The highest BCUT2D eigenvalue weighted by Gasteiger charge is 2.06. The molecule has 2 aromatic rings. The molecule has 0 unspecified atom stereocenters. The predicted octanol–water partition coefficient (Wildman–Crippen LogP) is 2.19. The Morgan fingerprint density at radius 2 is 2.14 bits per heavy atom. The third-order valence-electron chi connectivity index (χ3n) is 2.88. The van der Waals surface area contributed by atoms with Gasteiger partial charge in [0.1, 0.15) is 0 Å². The van der Waals surface area contributed by atoms with Crippen molar-refractivity contribution in [1.82, 2.24) is 14.8 Å². The summed E-state index contributed by atoms with van der Waals surface area (Å²) in [5, 5.41) is 5.18. The van der Waals surface area contributed by atoms with Crippen molar-refractivity contribution in [3.63, 3.8) is 0 Å². The largest absolute Gasteiger partial charge is 0.270 e. The normalized spacial score (nSPS) is 11.9. The van der Waals surface area contributed by atoms with E-state index in [0.717, 1.165) is 36.2 Å². The second-order valence-corrected chi connectivity index (χ2v) is 7.48. The van der Waals surface area contributed by atoms with Crippen LogP contribution in [0.3, 0.4) is 0 Å². The Labute approximate surface area is 128 Å². The van der Waals surface area contributed by atoms with Crippen molar-refractivity contribution in [1.29, 1.82) is 0 Å². The highest BCUT2D eigenvalue weighted by atomic mass is 32.2. The average molecular weight is 329 g/mol. The summed E-state index contributed by atoms with van der Waals surface area (Å²) in [7, 11) is -3.32. The molecular formula is C13H19N3O3S2. The molecule has 21 heavy (non-hydrogen) atoms. The standard InChI is InChI=1S/C13H19N3O3S2/c1-3-12-9-14-13(20-12)16-10-11(8-15-16)6-4-5-7-19-21(2,17)18/h8-10H,3-7H2,1-2H3. The number of hydrogen-bond donors (Lipinski definition) is 0. The van der Waals surface area contributed by atoms with Crippen molar-refractivity contribution < 1.29 is 12.6 Å². The Balaban J connectivity index is 1.80. The van der Waals surface area contributed by atoms with Gasteiger partial charge in [0.25, 0.3) is 10.1 Å². The van der Waals surface area contributed by atoms with Gasteiger partial charge in [-0.2, -0.15) is 13.5 Å². The number of thiazole rings is 1. The molecule has 0 spiro atoms.